The summed E-state index contributed by atoms with van der Waals surface area (Å²) in [6.45, 7) is 7.35. The number of hydrogen-bond acceptors (Lipinski definition) is 4. The van der Waals surface area contributed by atoms with Crippen molar-refractivity contribution in [2.75, 3.05) is 37.3 Å². The molecule has 4 nitrogen and oxygen atoms in total. The summed E-state index contributed by atoms with van der Waals surface area (Å²) in [7, 11) is 2.15. The summed E-state index contributed by atoms with van der Waals surface area (Å²) in [4.78, 5) is 8.94. The van der Waals surface area contributed by atoms with Crippen LogP contribution in [0.25, 0.3) is 0 Å². The summed E-state index contributed by atoms with van der Waals surface area (Å²) < 4.78 is 0. The highest BCUT2D eigenvalue weighted by atomic mass is 35.5. The number of nitrogen functional groups attached to an aromatic ring is 1. The fourth-order valence-electron chi connectivity index (χ4n) is 2.10. The number of likely N-dealkylation sites (N-methyl/N-ethyl adjacent to an activating group) is 1. The zero-order valence-electron chi connectivity index (χ0n) is 10.6. The smallest absolute Gasteiger partial charge is 0.133 e. The van der Waals surface area contributed by atoms with Crippen molar-refractivity contribution in [3.8, 4) is 0 Å². The van der Waals surface area contributed by atoms with Crippen LogP contribution in [0.15, 0.2) is 12.1 Å². The average molecular weight is 255 g/mol. The Balaban J connectivity index is 2.23. The van der Waals surface area contributed by atoms with Gasteiger partial charge in [-0.1, -0.05) is 11.6 Å². The lowest BCUT2D eigenvalue weighted by atomic mass is 10.00. The first-order chi connectivity index (χ1) is 7.88. The number of nitrogens with two attached hydrogens (primary N) is 1. The van der Waals surface area contributed by atoms with Crippen molar-refractivity contribution in [2.45, 2.75) is 19.4 Å². The Kier molecular flexibility index (Phi) is 3.19. The Bertz CT molecular complexity index is 399. The molecule has 0 amide bonds. The van der Waals surface area contributed by atoms with Gasteiger partial charge in [-0.2, -0.15) is 0 Å². The topological polar surface area (TPSA) is 45.4 Å². The third kappa shape index (κ3) is 2.64. The molecule has 2 rings (SSSR count). The molecule has 0 radical (unpaired) electrons. The summed E-state index contributed by atoms with van der Waals surface area (Å²) in [5.41, 5.74) is 6.60. The van der Waals surface area contributed by atoms with Crippen molar-refractivity contribution in [2.24, 2.45) is 0 Å². The van der Waals surface area contributed by atoms with Gasteiger partial charge in [-0.3, -0.25) is 4.90 Å². The van der Waals surface area contributed by atoms with E-state index in [4.69, 9.17) is 17.3 Å². The summed E-state index contributed by atoms with van der Waals surface area (Å²) >= 11 is 5.94. The minimum absolute atomic E-state index is 0.136. The van der Waals surface area contributed by atoms with E-state index in [1.807, 2.05) is 6.07 Å². The molecule has 1 aliphatic heterocycles. The van der Waals surface area contributed by atoms with Crippen LogP contribution in [0.3, 0.4) is 0 Å². The Morgan fingerprint density at radius 1 is 1.35 bits per heavy atom. The van der Waals surface area contributed by atoms with Crippen LogP contribution in [0.5, 0.6) is 0 Å². The van der Waals surface area contributed by atoms with Gasteiger partial charge >= 0.3 is 0 Å². The average Bonchev–Trinajstić information content (AvgIpc) is 2.20. The molecule has 94 valence electrons. The van der Waals surface area contributed by atoms with Gasteiger partial charge in [0.15, 0.2) is 0 Å². The Hall–Kier alpha value is -1.00. The van der Waals surface area contributed by atoms with Crippen molar-refractivity contribution in [3.63, 3.8) is 0 Å². The molecule has 0 spiro atoms. The molecule has 2 N–H and O–H groups in total. The molecule has 1 aromatic heterocycles. The van der Waals surface area contributed by atoms with Crippen LogP contribution in [-0.2, 0) is 0 Å². The van der Waals surface area contributed by atoms with E-state index in [1.54, 1.807) is 6.07 Å². The molecular weight excluding hydrogens is 236 g/mol. The van der Waals surface area contributed by atoms with Gasteiger partial charge in [-0.05, 0) is 27.0 Å². The lowest BCUT2D eigenvalue weighted by Crippen LogP contribution is -2.57. The van der Waals surface area contributed by atoms with E-state index in [-0.39, 0.29) is 5.54 Å². The SMILES string of the molecule is CN1CCN(c2cc(N)cc(Cl)n2)CC1(C)C. The van der Waals surface area contributed by atoms with Gasteiger partial charge in [0.25, 0.3) is 0 Å². The van der Waals surface area contributed by atoms with Crippen LogP contribution >= 0.6 is 11.6 Å². The fourth-order valence-corrected chi connectivity index (χ4v) is 2.31. The maximum Gasteiger partial charge on any atom is 0.133 e. The number of hydrogen-bond donors (Lipinski definition) is 1. The van der Waals surface area contributed by atoms with Gasteiger partial charge in [0.1, 0.15) is 11.0 Å². The van der Waals surface area contributed by atoms with Crippen molar-refractivity contribution in [1.29, 1.82) is 0 Å². The van der Waals surface area contributed by atoms with Crippen LogP contribution in [0.1, 0.15) is 13.8 Å². The monoisotopic (exact) mass is 254 g/mol. The number of piperazine rings is 1. The number of halogens is 1. The van der Waals surface area contributed by atoms with Crippen molar-refractivity contribution in [1.82, 2.24) is 9.88 Å². The van der Waals surface area contributed by atoms with E-state index in [9.17, 15) is 0 Å². The maximum absolute atomic E-state index is 5.94. The first-order valence-electron chi connectivity index (χ1n) is 5.78. The van der Waals surface area contributed by atoms with Crippen LogP contribution in [0, 0.1) is 0 Å². The predicted octanol–water partition coefficient (Wildman–Crippen LogP) is 1.85. The van der Waals surface area contributed by atoms with Crippen molar-refractivity contribution >= 4 is 23.1 Å². The minimum atomic E-state index is 0.136. The molecule has 0 aromatic carbocycles. The largest absolute Gasteiger partial charge is 0.399 e. The molecule has 0 aliphatic carbocycles. The molecule has 17 heavy (non-hydrogen) atoms. The second-order valence-corrected chi connectivity index (χ2v) is 5.62. The van der Waals surface area contributed by atoms with E-state index in [0.29, 0.717) is 10.8 Å². The van der Waals surface area contributed by atoms with Crippen LogP contribution < -0.4 is 10.6 Å². The molecule has 1 saturated heterocycles. The molecule has 5 heteroatoms. The van der Waals surface area contributed by atoms with Gasteiger partial charge in [0.05, 0.1) is 0 Å². The molecule has 0 bridgehead atoms. The van der Waals surface area contributed by atoms with Gasteiger partial charge in [-0.25, -0.2) is 4.98 Å². The van der Waals surface area contributed by atoms with Gasteiger partial charge in [-0.15, -0.1) is 0 Å². The zero-order valence-corrected chi connectivity index (χ0v) is 11.3. The zero-order chi connectivity index (χ0) is 12.6. The summed E-state index contributed by atoms with van der Waals surface area (Å²) in [5.74, 6) is 0.871. The third-order valence-electron chi connectivity index (χ3n) is 3.44. The van der Waals surface area contributed by atoms with E-state index >= 15 is 0 Å². The fraction of sp³-hybridized carbons (Fsp3) is 0.583. The standard InChI is InChI=1S/C12H19ClN4/c1-12(2)8-17(5-4-16(12)3)11-7-9(14)6-10(13)15-11/h6-7H,4-5,8H2,1-3H3,(H2,14,15). The lowest BCUT2D eigenvalue weighted by molar-refractivity contribution is 0.138. The second kappa shape index (κ2) is 4.35. The highest BCUT2D eigenvalue weighted by Crippen LogP contribution is 2.25. The van der Waals surface area contributed by atoms with Crippen LogP contribution in [-0.4, -0.2) is 42.1 Å². The molecule has 1 aromatic rings. The number of rotatable bonds is 1. The molecule has 0 atom stereocenters. The molecule has 0 saturated carbocycles. The number of aromatic nitrogens is 1. The molecule has 2 heterocycles. The Labute approximate surface area is 107 Å². The maximum atomic E-state index is 5.94. The van der Waals surface area contributed by atoms with E-state index in [2.05, 4.69) is 35.7 Å². The highest BCUT2D eigenvalue weighted by Gasteiger charge is 2.31. The van der Waals surface area contributed by atoms with Crippen LogP contribution in [0.2, 0.25) is 5.15 Å². The van der Waals surface area contributed by atoms with E-state index in [1.165, 1.54) is 0 Å². The van der Waals surface area contributed by atoms with Crippen molar-refractivity contribution < 1.29 is 0 Å². The first-order valence-corrected chi connectivity index (χ1v) is 6.15. The molecule has 1 fully saturated rings. The molecule has 1 aliphatic rings. The first kappa shape index (κ1) is 12.5. The molecule has 0 unspecified atom stereocenters. The van der Waals surface area contributed by atoms with Gasteiger partial charge in [0.2, 0.25) is 0 Å². The summed E-state index contributed by atoms with van der Waals surface area (Å²) in [5, 5.41) is 0.455. The Morgan fingerprint density at radius 2 is 2.06 bits per heavy atom. The third-order valence-corrected chi connectivity index (χ3v) is 3.64. The van der Waals surface area contributed by atoms with Gasteiger partial charge < -0.3 is 10.6 Å². The van der Waals surface area contributed by atoms with Gasteiger partial charge in [0, 0.05) is 36.9 Å². The van der Waals surface area contributed by atoms with Crippen LogP contribution in [0.4, 0.5) is 11.5 Å². The normalized spacial score (nSPS) is 20.6. The number of nitrogens with zero attached hydrogens (tertiary/aromatic N) is 3. The predicted molar refractivity (Wildman–Crippen MR) is 72.6 cm³/mol. The summed E-state index contributed by atoms with van der Waals surface area (Å²) in [6, 6.07) is 3.56. The summed E-state index contributed by atoms with van der Waals surface area (Å²) in [6.07, 6.45) is 0. The highest BCUT2D eigenvalue weighted by molar-refractivity contribution is 6.29. The molecular formula is C12H19ClN4. The van der Waals surface area contributed by atoms with E-state index in [0.717, 1.165) is 25.5 Å². The lowest BCUT2D eigenvalue weighted by Gasteiger charge is -2.45. The van der Waals surface area contributed by atoms with E-state index < -0.39 is 0 Å². The quantitative estimate of drug-likeness (QED) is 0.777. The van der Waals surface area contributed by atoms with Crippen molar-refractivity contribution in [3.05, 3.63) is 17.3 Å². The minimum Gasteiger partial charge on any atom is -0.399 e. The second-order valence-electron chi connectivity index (χ2n) is 5.24. The Morgan fingerprint density at radius 3 is 2.65 bits per heavy atom. The number of anilines is 2. The number of pyridine rings is 1.